The summed E-state index contributed by atoms with van der Waals surface area (Å²) >= 11 is 6.67. The van der Waals surface area contributed by atoms with Gasteiger partial charge in [-0.15, -0.1) is 0 Å². The van der Waals surface area contributed by atoms with Crippen LogP contribution in [-0.4, -0.2) is 12.5 Å². The molecule has 1 amide bonds. The number of hydrogen-bond donors (Lipinski definition) is 2. The number of carbonyl (C=O) groups is 1. The van der Waals surface area contributed by atoms with Crippen molar-refractivity contribution in [3.8, 4) is 5.75 Å². The van der Waals surface area contributed by atoms with Crippen molar-refractivity contribution >= 4 is 49.1 Å². The Hall–Kier alpha value is -1.53. The van der Waals surface area contributed by atoms with E-state index < -0.39 is 0 Å². The second-order valence-corrected chi connectivity index (χ2v) is 5.80. The number of nitrogens with two attached hydrogens (primary N) is 1. The van der Waals surface area contributed by atoms with Crippen LogP contribution in [0.2, 0.25) is 0 Å². The van der Waals surface area contributed by atoms with Gasteiger partial charge in [0.15, 0.2) is 6.61 Å². The SMILES string of the molecule is Nc1ccc(NC(=O)COc2ccc(Br)cc2)c(Br)c1. The van der Waals surface area contributed by atoms with Crippen molar-refractivity contribution in [2.75, 3.05) is 17.7 Å². The monoisotopic (exact) mass is 398 g/mol. The number of nitrogen functional groups attached to an aromatic ring is 1. The minimum Gasteiger partial charge on any atom is -0.484 e. The van der Waals surface area contributed by atoms with Gasteiger partial charge in [0.05, 0.1) is 5.69 Å². The second kappa shape index (κ2) is 6.76. The molecule has 0 aliphatic heterocycles. The standard InChI is InChI=1S/C14H12Br2N2O2/c15-9-1-4-11(5-2-9)20-8-14(19)18-13-6-3-10(17)7-12(13)16/h1-7H,8,17H2,(H,18,19). The average molecular weight is 400 g/mol. The third kappa shape index (κ3) is 4.25. The first-order valence-electron chi connectivity index (χ1n) is 5.78. The highest BCUT2D eigenvalue weighted by atomic mass is 79.9. The van der Waals surface area contributed by atoms with Crippen molar-refractivity contribution in [3.05, 3.63) is 51.4 Å². The molecule has 2 rings (SSSR count). The van der Waals surface area contributed by atoms with Crippen molar-refractivity contribution in [2.24, 2.45) is 0 Å². The summed E-state index contributed by atoms with van der Waals surface area (Å²) < 4.78 is 7.08. The van der Waals surface area contributed by atoms with Crippen LogP contribution in [0.25, 0.3) is 0 Å². The van der Waals surface area contributed by atoms with Crippen molar-refractivity contribution in [1.82, 2.24) is 0 Å². The number of amides is 1. The van der Waals surface area contributed by atoms with E-state index in [0.717, 1.165) is 8.95 Å². The van der Waals surface area contributed by atoms with Gasteiger partial charge in [-0.2, -0.15) is 0 Å². The number of rotatable bonds is 4. The molecule has 0 aliphatic carbocycles. The van der Waals surface area contributed by atoms with Crippen LogP contribution in [0.3, 0.4) is 0 Å². The van der Waals surface area contributed by atoms with E-state index in [1.165, 1.54) is 0 Å². The molecule has 0 heterocycles. The van der Waals surface area contributed by atoms with Gasteiger partial charge in [-0.3, -0.25) is 4.79 Å². The molecule has 20 heavy (non-hydrogen) atoms. The zero-order valence-corrected chi connectivity index (χ0v) is 13.6. The zero-order valence-electron chi connectivity index (χ0n) is 10.4. The van der Waals surface area contributed by atoms with Crippen molar-refractivity contribution in [1.29, 1.82) is 0 Å². The van der Waals surface area contributed by atoms with Crippen LogP contribution in [0.4, 0.5) is 11.4 Å². The Bertz CT molecular complexity index is 615. The molecule has 0 atom stereocenters. The fraction of sp³-hybridized carbons (Fsp3) is 0.0714. The molecule has 0 saturated heterocycles. The molecule has 0 aliphatic rings. The van der Waals surface area contributed by atoms with Crippen molar-refractivity contribution < 1.29 is 9.53 Å². The van der Waals surface area contributed by atoms with E-state index in [9.17, 15) is 4.79 Å². The number of ether oxygens (including phenoxy) is 1. The number of nitrogens with one attached hydrogen (secondary N) is 1. The number of anilines is 2. The van der Waals surface area contributed by atoms with Crippen LogP contribution in [-0.2, 0) is 4.79 Å². The molecule has 0 fully saturated rings. The maximum Gasteiger partial charge on any atom is 0.262 e. The molecule has 0 saturated carbocycles. The van der Waals surface area contributed by atoms with Gasteiger partial charge in [0, 0.05) is 14.6 Å². The molecular formula is C14H12Br2N2O2. The van der Waals surface area contributed by atoms with E-state index in [1.807, 2.05) is 12.1 Å². The Morgan fingerprint density at radius 2 is 1.85 bits per heavy atom. The Labute approximate surface area is 133 Å². The number of hydrogen-bond acceptors (Lipinski definition) is 3. The minimum absolute atomic E-state index is 0.0571. The Morgan fingerprint density at radius 1 is 1.15 bits per heavy atom. The summed E-state index contributed by atoms with van der Waals surface area (Å²) in [6.45, 7) is -0.0571. The number of carbonyl (C=O) groups excluding carboxylic acids is 1. The van der Waals surface area contributed by atoms with Crippen LogP contribution in [0.15, 0.2) is 51.4 Å². The van der Waals surface area contributed by atoms with Gasteiger partial charge in [0.1, 0.15) is 5.75 Å². The normalized spacial score (nSPS) is 10.1. The van der Waals surface area contributed by atoms with Crippen LogP contribution >= 0.6 is 31.9 Å². The topological polar surface area (TPSA) is 64.3 Å². The number of benzene rings is 2. The van der Waals surface area contributed by atoms with Crippen molar-refractivity contribution in [2.45, 2.75) is 0 Å². The predicted octanol–water partition coefficient (Wildman–Crippen LogP) is 3.81. The molecule has 2 aromatic carbocycles. The van der Waals surface area contributed by atoms with Crippen LogP contribution < -0.4 is 15.8 Å². The lowest BCUT2D eigenvalue weighted by molar-refractivity contribution is -0.118. The molecule has 0 spiro atoms. The molecule has 0 unspecified atom stereocenters. The molecular weight excluding hydrogens is 388 g/mol. The summed E-state index contributed by atoms with van der Waals surface area (Å²) in [5.41, 5.74) is 6.92. The van der Waals surface area contributed by atoms with Crippen molar-refractivity contribution in [3.63, 3.8) is 0 Å². The van der Waals surface area contributed by atoms with E-state index in [0.29, 0.717) is 17.1 Å². The Kier molecular flexibility index (Phi) is 5.03. The maximum absolute atomic E-state index is 11.8. The highest BCUT2D eigenvalue weighted by molar-refractivity contribution is 9.10. The van der Waals surface area contributed by atoms with E-state index >= 15 is 0 Å². The molecule has 3 N–H and O–H groups in total. The fourth-order valence-corrected chi connectivity index (χ4v) is 2.26. The maximum atomic E-state index is 11.8. The molecule has 2 aromatic rings. The number of halogens is 2. The van der Waals surface area contributed by atoms with E-state index in [1.54, 1.807) is 30.3 Å². The fourth-order valence-electron chi connectivity index (χ4n) is 1.50. The van der Waals surface area contributed by atoms with Gasteiger partial charge in [-0.05, 0) is 58.4 Å². The third-order valence-electron chi connectivity index (χ3n) is 2.45. The molecule has 0 aromatic heterocycles. The van der Waals surface area contributed by atoms with Gasteiger partial charge < -0.3 is 15.8 Å². The highest BCUT2D eigenvalue weighted by Gasteiger charge is 2.06. The van der Waals surface area contributed by atoms with Gasteiger partial charge in [0.2, 0.25) is 0 Å². The summed E-state index contributed by atoms with van der Waals surface area (Å²) in [5.74, 6) is 0.401. The molecule has 104 valence electrons. The lowest BCUT2D eigenvalue weighted by atomic mass is 10.3. The second-order valence-electron chi connectivity index (χ2n) is 4.03. The van der Waals surface area contributed by atoms with Gasteiger partial charge in [-0.25, -0.2) is 0 Å². The Balaban J connectivity index is 1.90. The first kappa shape index (κ1) is 14.9. The summed E-state index contributed by atoms with van der Waals surface area (Å²) in [6, 6.07) is 12.5. The summed E-state index contributed by atoms with van der Waals surface area (Å²) in [4.78, 5) is 11.8. The minimum atomic E-state index is -0.238. The van der Waals surface area contributed by atoms with Gasteiger partial charge in [0.25, 0.3) is 5.91 Å². The first-order valence-corrected chi connectivity index (χ1v) is 7.36. The Morgan fingerprint density at radius 3 is 2.50 bits per heavy atom. The molecule has 0 bridgehead atoms. The first-order chi connectivity index (χ1) is 9.54. The summed E-state index contributed by atoms with van der Waals surface area (Å²) in [7, 11) is 0. The van der Waals surface area contributed by atoms with Crippen LogP contribution in [0.5, 0.6) is 5.75 Å². The smallest absolute Gasteiger partial charge is 0.262 e. The van der Waals surface area contributed by atoms with Gasteiger partial charge >= 0.3 is 0 Å². The third-order valence-corrected chi connectivity index (χ3v) is 3.64. The lowest BCUT2D eigenvalue weighted by Gasteiger charge is -2.09. The van der Waals surface area contributed by atoms with Gasteiger partial charge in [-0.1, -0.05) is 15.9 Å². The summed E-state index contributed by atoms with van der Waals surface area (Å²) in [5, 5.41) is 2.74. The van der Waals surface area contributed by atoms with E-state index in [4.69, 9.17) is 10.5 Å². The highest BCUT2D eigenvalue weighted by Crippen LogP contribution is 2.24. The van der Waals surface area contributed by atoms with E-state index in [2.05, 4.69) is 37.2 Å². The van der Waals surface area contributed by atoms with Crippen LogP contribution in [0.1, 0.15) is 0 Å². The summed E-state index contributed by atoms with van der Waals surface area (Å²) in [6.07, 6.45) is 0. The van der Waals surface area contributed by atoms with E-state index in [-0.39, 0.29) is 12.5 Å². The molecule has 0 radical (unpaired) electrons. The predicted molar refractivity (Wildman–Crippen MR) is 86.8 cm³/mol. The molecule has 6 heteroatoms. The zero-order chi connectivity index (χ0) is 14.5. The quantitative estimate of drug-likeness (QED) is 0.768. The molecule has 4 nitrogen and oxygen atoms in total. The average Bonchev–Trinajstić information content (AvgIpc) is 2.41. The van der Waals surface area contributed by atoms with Crippen LogP contribution in [0, 0.1) is 0 Å². The largest absolute Gasteiger partial charge is 0.484 e. The lowest BCUT2D eigenvalue weighted by Crippen LogP contribution is -2.20.